The van der Waals surface area contributed by atoms with E-state index in [2.05, 4.69) is 15.8 Å². The molecule has 0 aliphatic heterocycles. The van der Waals surface area contributed by atoms with Gasteiger partial charge in [-0.2, -0.15) is 5.10 Å². The molecule has 2 aromatic rings. The molecule has 0 aromatic heterocycles. The zero-order valence-electron chi connectivity index (χ0n) is 19.9. The minimum Gasteiger partial charge on any atom is -0.493 e. The van der Waals surface area contributed by atoms with E-state index in [0.717, 1.165) is 0 Å². The average molecular weight is 492 g/mol. The second-order valence-corrected chi connectivity index (χ2v) is 8.12. The zero-order valence-corrected chi connectivity index (χ0v) is 20.6. The number of hydrogen-bond donors (Lipinski definition) is 2. The van der Waals surface area contributed by atoms with Crippen LogP contribution < -0.4 is 29.7 Å². The molecule has 184 valence electrons. The summed E-state index contributed by atoms with van der Waals surface area (Å²) in [4.78, 5) is 25.1. The fourth-order valence-electron chi connectivity index (χ4n) is 3.04. The Hall–Kier alpha value is -3.46. The van der Waals surface area contributed by atoms with Gasteiger partial charge < -0.3 is 24.3 Å². The number of benzene rings is 2. The van der Waals surface area contributed by atoms with Crippen molar-refractivity contribution in [2.45, 2.75) is 26.3 Å². The number of halogens is 1. The molecule has 9 nitrogen and oxygen atoms in total. The summed E-state index contributed by atoms with van der Waals surface area (Å²) in [7, 11) is 4.53. The molecule has 0 spiro atoms. The summed E-state index contributed by atoms with van der Waals surface area (Å²) in [5.74, 6) is 1.15. The average Bonchev–Trinajstić information content (AvgIpc) is 2.82. The molecule has 0 aliphatic carbocycles. The summed E-state index contributed by atoms with van der Waals surface area (Å²) in [6, 6.07) is 9.25. The lowest BCUT2D eigenvalue weighted by molar-refractivity contribution is -0.130. The Morgan fingerprint density at radius 2 is 1.65 bits per heavy atom. The number of hydrogen-bond acceptors (Lipinski definition) is 7. The van der Waals surface area contributed by atoms with Crippen LogP contribution in [0.3, 0.4) is 0 Å². The highest BCUT2D eigenvalue weighted by atomic mass is 35.5. The van der Waals surface area contributed by atoms with E-state index in [9.17, 15) is 9.59 Å². The molecule has 0 unspecified atom stereocenters. The smallest absolute Gasteiger partial charge is 0.262 e. The summed E-state index contributed by atoms with van der Waals surface area (Å²) in [5.41, 5.74) is 3.09. The molecule has 2 amide bonds. The molecule has 1 atom stereocenters. The van der Waals surface area contributed by atoms with Gasteiger partial charge in [0.15, 0.2) is 18.1 Å². The number of methoxy groups -OCH3 is 3. The van der Waals surface area contributed by atoms with E-state index in [1.807, 2.05) is 13.8 Å². The maximum atomic E-state index is 12.7. The highest BCUT2D eigenvalue weighted by Crippen LogP contribution is 2.37. The van der Waals surface area contributed by atoms with Crippen LogP contribution in [-0.2, 0) is 9.59 Å². The van der Waals surface area contributed by atoms with Crippen molar-refractivity contribution >= 4 is 29.6 Å². The predicted octanol–water partition coefficient (Wildman–Crippen LogP) is 3.43. The van der Waals surface area contributed by atoms with E-state index in [1.165, 1.54) is 27.5 Å². The van der Waals surface area contributed by atoms with Crippen molar-refractivity contribution in [2.75, 3.05) is 27.9 Å². The van der Waals surface area contributed by atoms with Crippen LogP contribution in [0.15, 0.2) is 41.5 Å². The minimum atomic E-state index is -0.779. The van der Waals surface area contributed by atoms with Crippen molar-refractivity contribution in [1.82, 2.24) is 10.7 Å². The van der Waals surface area contributed by atoms with Gasteiger partial charge in [-0.1, -0.05) is 25.4 Å². The number of ether oxygens (including phenoxy) is 4. The highest BCUT2D eigenvalue weighted by molar-refractivity contribution is 6.30. The van der Waals surface area contributed by atoms with Gasteiger partial charge in [0.05, 0.1) is 27.5 Å². The van der Waals surface area contributed by atoms with Crippen molar-refractivity contribution in [1.29, 1.82) is 0 Å². The molecule has 0 bridgehead atoms. The summed E-state index contributed by atoms with van der Waals surface area (Å²) in [6.45, 7) is 3.67. The molecule has 2 rings (SSSR count). The van der Waals surface area contributed by atoms with E-state index in [1.54, 1.807) is 36.4 Å². The first-order valence-corrected chi connectivity index (χ1v) is 11.0. The van der Waals surface area contributed by atoms with Gasteiger partial charge in [0, 0.05) is 10.6 Å². The number of hydrazone groups is 1. The van der Waals surface area contributed by atoms with E-state index < -0.39 is 17.9 Å². The van der Waals surface area contributed by atoms with Gasteiger partial charge in [-0.3, -0.25) is 9.59 Å². The van der Waals surface area contributed by atoms with Crippen molar-refractivity contribution in [3.8, 4) is 23.0 Å². The summed E-state index contributed by atoms with van der Waals surface area (Å²) in [5, 5.41) is 7.28. The Morgan fingerprint density at radius 3 is 2.18 bits per heavy atom. The number of rotatable bonds is 12. The Balaban J connectivity index is 2.01. The molecule has 0 saturated heterocycles. The first-order valence-electron chi connectivity index (χ1n) is 10.6. The van der Waals surface area contributed by atoms with Gasteiger partial charge in [0.1, 0.15) is 11.8 Å². The second-order valence-electron chi connectivity index (χ2n) is 7.69. The standard InChI is InChI=1S/C24H30ClN3O6/c1-15(2)10-19(27-22(29)14-34-18-8-6-17(25)7-9-18)24(30)28-26-13-16-11-20(31-3)23(33-5)21(12-16)32-4/h6-9,11-13,15,19H,10,14H2,1-5H3,(H,27,29)(H,28,30)/b26-13-/t19-/m0/s1. The maximum Gasteiger partial charge on any atom is 0.262 e. The Kier molecular flexibility index (Phi) is 10.5. The van der Waals surface area contributed by atoms with Gasteiger partial charge >= 0.3 is 0 Å². The Labute approximate surface area is 204 Å². The first kappa shape index (κ1) is 26.8. The lowest BCUT2D eigenvalue weighted by Crippen LogP contribution is -2.47. The molecular weight excluding hydrogens is 462 g/mol. The number of carbonyl (C=O) groups is 2. The molecule has 2 N–H and O–H groups in total. The summed E-state index contributed by atoms with van der Waals surface area (Å²) >= 11 is 5.84. The van der Waals surface area contributed by atoms with Crippen molar-refractivity contribution in [2.24, 2.45) is 11.0 Å². The molecule has 0 fully saturated rings. The summed E-state index contributed by atoms with van der Waals surface area (Å²) in [6.07, 6.45) is 1.87. The Bertz CT molecular complexity index is 970. The number of nitrogens with zero attached hydrogens (tertiary/aromatic N) is 1. The van der Waals surface area contributed by atoms with Crippen molar-refractivity contribution in [3.05, 3.63) is 47.0 Å². The fraction of sp³-hybridized carbons (Fsp3) is 0.375. The lowest BCUT2D eigenvalue weighted by atomic mass is 10.0. The largest absolute Gasteiger partial charge is 0.493 e. The SMILES string of the molecule is COc1cc(/C=N\NC(=O)[C@H](CC(C)C)NC(=O)COc2ccc(Cl)cc2)cc(OC)c1OC. The van der Waals surface area contributed by atoms with E-state index >= 15 is 0 Å². The highest BCUT2D eigenvalue weighted by Gasteiger charge is 2.22. The molecule has 0 heterocycles. The molecular formula is C24H30ClN3O6. The quantitative estimate of drug-likeness (QED) is 0.348. The topological polar surface area (TPSA) is 107 Å². The monoisotopic (exact) mass is 491 g/mol. The molecule has 0 saturated carbocycles. The number of nitrogens with one attached hydrogen (secondary N) is 2. The third-order valence-electron chi connectivity index (χ3n) is 4.62. The molecule has 0 radical (unpaired) electrons. The molecule has 2 aromatic carbocycles. The minimum absolute atomic E-state index is 0.160. The fourth-order valence-corrected chi connectivity index (χ4v) is 3.17. The van der Waals surface area contributed by atoms with Gasteiger partial charge in [0.2, 0.25) is 5.75 Å². The van der Waals surface area contributed by atoms with E-state index in [-0.39, 0.29) is 12.5 Å². The van der Waals surface area contributed by atoms with Gasteiger partial charge in [0.25, 0.3) is 11.8 Å². The Morgan fingerprint density at radius 1 is 1.03 bits per heavy atom. The molecule has 10 heteroatoms. The molecule has 0 aliphatic rings. The van der Waals surface area contributed by atoms with Gasteiger partial charge in [-0.05, 0) is 48.7 Å². The van der Waals surface area contributed by atoms with Crippen LogP contribution in [0.1, 0.15) is 25.8 Å². The normalized spacial score (nSPS) is 11.7. The lowest BCUT2D eigenvalue weighted by Gasteiger charge is -2.19. The van der Waals surface area contributed by atoms with Crippen LogP contribution >= 0.6 is 11.6 Å². The van der Waals surface area contributed by atoms with Crippen LogP contribution in [0.5, 0.6) is 23.0 Å². The van der Waals surface area contributed by atoms with Crippen LogP contribution in [0.2, 0.25) is 5.02 Å². The third-order valence-corrected chi connectivity index (χ3v) is 4.87. The van der Waals surface area contributed by atoms with Gasteiger partial charge in [-0.25, -0.2) is 5.43 Å². The van der Waals surface area contributed by atoms with Gasteiger partial charge in [-0.15, -0.1) is 0 Å². The van der Waals surface area contributed by atoms with Crippen LogP contribution in [0, 0.1) is 5.92 Å². The van der Waals surface area contributed by atoms with Crippen LogP contribution in [0.25, 0.3) is 0 Å². The van der Waals surface area contributed by atoms with Crippen LogP contribution in [0.4, 0.5) is 0 Å². The number of amides is 2. The molecule has 34 heavy (non-hydrogen) atoms. The third kappa shape index (κ3) is 8.15. The van der Waals surface area contributed by atoms with Crippen molar-refractivity contribution < 1.29 is 28.5 Å². The first-order chi connectivity index (χ1) is 16.3. The zero-order chi connectivity index (χ0) is 25.1. The van der Waals surface area contributed by atoms with Crippen molar-refractivity contribution in [3.63, 3.8) is 0 Å². The van der Waals surface area contributed by atoms with Crippen LogP contribution in [-0.4, -0.2) is 52.0 Å². The maximum absolute atomic E-state index is 12.7. The van der Waals surface area contributed by atoms with E-state index in [4.69, 9.17) is 30.5 Å². The summed E-state index contributed by atoms with van der Waals surface area (Å²) < 4.78 is 21.4. The number of carbonyl (C=O) groups excluding carboxylic acids is 2. The predicted molar refractivity (Wildman–Crippen MR) is 130 cm³/mol. The van der Waals surface area contributed by atoms with E-state index in [0.29, 0.717) is 40.0 Å². The second kappa shape index (κ2) is 13.3.